The summed E-state index contributed by atoms with van der Waals surface area (Å²) in [6.45, 7) is 7.18. The summed E-state index contributed by atoms with van der Waals surface area (Å²) in [6.07, 6.45) is 4.86. The molecule has 1 aromatic carbocycles. The van der Waals surface area contributed by atoms with Crippen molar-refractivity contribution in [2.45, 2.75) is 39.2 Å². The van der Waals surface area contributed by atoms with E-state index >= 15 is 0 Å². The van der Waals surface area contributed by atoms with Crippen LogP contribution in [-0.2, 0) is 6.54 Å². The van der Waals surface area contributed by atoms with Crippen LogP contribution in [0.25, 0.3) is 0 Å². The molecule has 1 aliphatic rings. The van der Waals surface area contributed by atoms with Gasteiger partial charge in [-0.3, -0.25) is 4.90 Å². The van der Waals surface area contributed by atoms with Crippen LogP contribution in [0.3, 0.4) is 0 Å². The molecule has 0 aliphatic carbocycles. The molecule has 0 amide bonds. The van der Waals surface area contributed by atoms with E-state index in [9.17, 15) is 0 Å². The Morgan fingerprint density at radius 2 is 2.24 bits per heavy atom. The van der Waals surface area contributed by atoms with Crippen molar-refractivity contribution in [2.24, 2.45) is 11.7 Å². The second-order valence-corrected chi connectivity index (χ2v) is 5.82. The van der Waals surface area contributed by atoms with Gasteiger partial charge in [-0.2, -0.15) is 0 Å². The van der Waals surface area contributed by atoms with Gasteiger partial charge in [0.25, 0.3) is 0 Å². The Kier molecular flexibility index (Phi) is 8.74. The third kappa shape index (κ3) is 6.25. The molecule has 1 saturated heterocycles. The first-order valence-corrected chi connectivity index (χ1v) is 7.96. The molecule has 0 radical (unpaired) electrons. The van der Waals surface area contributed by atoms with Gasteiger partial charge in [0.2, 0.25) is 0 Å². The van der Waals surface area contributed by atoms with E-state index in [0.29, 0.717) is 0 Å². The van der Waals surface area contributed by atoms with Crippen molar-refractivity contribution in [1.82, 2.24) is 4.90 Å². The van der Waals surface area contributed by atoms with E-state index in [4.69, 9.17) is 10.5 Å². The Balaban J connectivity index is 0.00000220. The van der Waals surface area contributed by atoms with Crippen LogP contribution in [0.1, 0.15) is 38.2 Å². The highest BCUT2D eigenvalue weighted by Gasteiger charge is 2.19. The SMILES string of the molecule is CCCOc1cccc(CN2CCCC(CCN)C2)c1.Cl. The molecule has 0 spiro atoms. The average molecular weight is 313 g/mol. The normalized spacial score (nSPS) is 19.0. The lowest BCUT2D eigenvalue weighted by atomic mass is 9.94. The van der Waals surface area contributed by atoms with Crippen LogP contribution in [0.2, 0.25) is 0 Å². The van der Waals surface area contributed by atoms with Crippen LogP contribution < -0.4 is 10.5 Å². The molecule has 120 valence electrons. The van der Waals surface area contributed by atoms with Crippen LogP contribution in [0.5, 0.6) is 5.75 Å². The lowest BCUT2D eigenvalue weighted by molar-refractivity contribution is 0.163. The van der Waals surface area contributed by atoms with Gasteiger partial charge < -0.3 is 10.5 Å². The van der Waals surface area contributed by atoms with Crippen molar-refractivity contribution in [3.63, 3.8) is 0 Å². The number of rotatable bonds is 7. The Morgan fingerprint density at radius 3 is 3.00 bits per heavy atom. The zero-order valence-corrected chi connectivity index (χ0v) is 13.9. The molecule has 1 unspecified atom stereocenters. The van der Waals surface area contributed by atoms with Crippen molar-refractivity contribution in [3.8, 4) is 5.75 Å². The van der Waals surface area contributed by atoms with E-state index in [1.807, 2.05) is 6.07 Å². The zero-order chi connectivity index (χ0) is 14.2. The fraction of sp³-hybridized carbons (Fsp3) is 0.647. The fourth-order valence-corrected chi connectivity index (χ4v) is 2.98. The van der Waals surface area contributed by atoms with E-state index in [1.54, 1.807) is 0 Å². The van der Waals surface area contributed by atoms with Gasteiger partial charge in [0.15, 0.2) is 0 Å². The number of benzene rings is 1. The summed E-state index contributed by atoms with van der Waals surface area (Å²) in [5.41, 5.74) is 7.04. The number of piperidine rings is 1. The number of halogens is 1. The van der Waals surface area contributed by atoms with Gasteiger partial charge in [-0.25, -0.2) is 0 Å². The van der Waals surface area contributed by atoms with E-state index in [1.165, 1.54) is 31.5 Å². The maximum absolute atomic E-state index is 5.71. The quantitative estimate of drug-likeness (QED) is 0.838. The van der Waals surface area contributed by atoms with Crippen LogP contribution in [0.15, 0.2) is 24.3 Å². The molecule has 1 fully saturated rings. The summed E-state index contributed by atoms with van der Waals surface area (Å²) in [4.78, 5) is 2.56. The topological polar surface area (TPSA) is 38.5 Å². The fourth-order valence-electron chi connectivity index (χ4n) is 2.98. The Bertz CT molecular complexity index is 398. The highest BCUT2D eigenvalue weighted by Crippen LogP contribution is 2.22. The molecule has 2 rings (SSSR count). The van der Waals surface area contributed by atoms with Gasteiger partial charge in [0.05, 0.1) is 6.61 Å². The number of nitrogens with two attached hydrogens (primary N) is 1. The molecule has 4 heteroatoms. The largest absolute Gasteiger partial charge is 0.494 e. The van der Waals surface area contributed by atoms with Crippen molar-refractivity contribution >= 4 is 12.4 Å². The van der Waals surface area contributed by atoms with Crippen molar-refractivity contribution in [3.05, 3.63) is 29.8 Å². The molecule has 0 aromatic heterocycles. The number of hydrogen-bond acceptors (Lipinski definition) is 3. The average Bonchev–Trinajstić information content (AvgIpc) is 2.46. The maximum atomic E-state index is 5.71. The van der Waals surface area contributed by atoms with Crippen LogP contribution in [-0.4, -0.2) is 31.1 Å². The van der Waals surface area contributed by atoms with E-state index in [-0.39, 0.29) is 12.4 Å². The van der Waals surface area contributed by atoms with Crippen molar-refractivity contribution in [1.29, 1.82) is 0 Å². The maximum Gasteiger partial charge on any atom is 0.119 e. The van der Waals surface area contributed by atoms with Gasteiger partial charge >= 0.3 is 0 Å². The number of likely N-dealkylation sites (tertiary alicyclic amines) is 1. The standard InChI is InChI=1S/C17H28N2O.ClH/c1-2-11-20-17-7-3-5-16(12-17)14-19-10-4-6-15(13-19)8-9-18;/h3,5,7,12,15H,2,4,6,8-11,13-14,18H2,1H3;1H. The lowest BCUT2D eigenvalue weighted by Crippen LogP contribution is -2.35. The molecular formula is C17H29ClN2O. The first-order chi connectivity index (χ1) is 9.81. The smallest absolute Gasteiger partial charge is 0.119 e. The number of nitrogens with zero attached hydrogens (tertiary/aromatic N) is 1. The Morgan fingerprint density at radius 1 is 1.38 bits per heavy atom. The first kappa shape index (κ1) is 18.3. The van der Waals surface area contributed by atoms with Crippen LogP contribution in [0, 0.1) is 5.92 Å². The monoisotopic (exact) mass is 312 g/mol. The van der Waals surface area contributed by atoms with E-state index < -0.39 is 0 Å². The molecule has 1 aromatic rings. The third-order valence-electron chi connectivity index (χ3n) is 3.96. The minimum Gasteiger partial charge on any atom is -0.494 e. The summed E-state index contributed by atoms with van der Waals surface area (Å²) in [5, 5.41) is 0. The van der Waals surface area contributed by atoms with Gasteiger partial charge in [0.1, 0.15) is 5.75 Å². The predicted molar refractivity (Wildman–Crippen MR) is 91.1 cm³/mol. The molecule has 21 heavy (non-hydrogen) atoms. The second-order valence-electron chi connectivity index (χ2n) is 5.82. The summed E-state index contributed by atoms with van der Waals surface area (Å²) in [6, 6.07) is 8.53. The number of hydrogen-bond donors (Lipinski definition) is 1. The third-order valence-corrected chi connectivity index (χ3v) is 3.96. The van der Waals surface area contributed by atoms with Crippen LogP contribution >= 0.6 is 12.4 Å². The molecule has 0 saturated carbocycles. The zero-order valence-electron chi connectivity index (χ0n) is 13.1. The van der Waals surface area contributed by atoms with Gasteiger partial charge in [-0.15, -0.1) is 12.4 Å². The highest BCUT2D eigenvalue weighted by molar-refractivity contribution is 5.85. The molecule has 2 N–H and O–H groups in total. The van der Waals surface area contributed by atoms with Gasteiger partial charge in [-0.05, 0) is 62.4 Å². The lowest BCUT2D eigenvalue weighted by Gasteiger charge is -2.32. The number of ether oxygens (including phenoxy) is 1. The van der Waals surface area contributed by atoms with Gasteiger partial charge in [0, 0.05) is 13.1 Å². The molecule has 3 nitrogen and oxygen atoms in total. The highest BCUT2D eigenvalue weighted by atomic mass is 35.5. The first-order valence-electron chi connectivity index (χ1n) is 7.96. The minimum atomic E-state index is 0. The van der Waals surface area contributed by atoms with Crippen molar-refractivity contribution < 1.29 is 4.74 Å². The summed E-state index contributed by atoms with van der Waals surface area (Å²) < 4.78 is 5.71. The summed E-state index contributed by atoms with van der Waals surface area (Å²) in [7, 11) is 0. The van der Waals surface area contributed by atoms with Gasteiger partial charge in [-0.1, -0.05) is 19.1 Å². The summed E-state index contributed by atoms with van der Waals surface area (Å²) >= 11 is 0. The van der Waals surface area contributed by atoms with Crippen molar-refractivity contribution in [2.75, 3.05) is 26.2 Å². The molecule has 1 aliphatic heterocycles. The second kappa shape index (κ2) is 10.0. The molecular weight excluding hydrogens is 284 g/mol. The van der Waals surface area contributed by atoms with Crippen LogP contribution in [0.4, 0.5) is 0 Å². The van der Waals surface area contributed by atoms with E-state index in [0.717, 1.165) is 44.2 Å². The predicted octanol–water partition coefficient (Wildman–Crippen LogP) is 3.46. The minimum absolute atomic E-state index is 0. The Hall–Kier alpha value is -0.770. The Labute approximate surface area is 135 Å². The van der Waals surface area contributed by atoms with E-state index in [2.05, 4.69) is 30.0 Å². The summed E-state index contributed by atoms with van der Waals surface area (Å²) in [5.74, 6) is 1.79. The molecule has 0 bridgehead atoms. The molecule has 1 heterocycles. The molecule has 1 atom stereocenters.